The molecule has 1 saturated carbocycles. The molecule has 18 heavy (non-hydrogen) atoms. The number of carboxylic acids is 1. The molecule has 2 heterocycles. The molecular weight excluding hydrogens is 235 g/mol. The van der Waals surface area contributed by atoms with Crippen LogP contribution in [0.2, 0.25) is 0 Å². The Balaban J connectivity index is 1.78. The summed E-state index contributed by atoms with van der Waals surface area (Å²) in [6, 6.07) is 1.05. The van der Waals surface area contributed by atoms with Gasteiger partial charge in [-0.3, -0.25) is 0 Å². The SMILES string of the molecule is O=C(O)c1cnc(N2CCC3(CC2)CC3)c(F)c1. The maximum atomic E-state index is 13.8. The highest BCUT2D eigenvalue weighted by Gasteiger charge is 2.44. The second-order valence-corrected chi connectivity index (χ2v) is 5.32. The average Bonchev–Trinajstić information content (AvgIpc) is 3.10. The van der Waals surface area contributed by atoms with Gasteiger partial charge in [0.25, 0.3) is 0 Å². The van der Waals surface area contributed by atoms with Crippen molar-refractivity contribution in [1.29, 1.82) is 0 Å². The van der Waals surface area contributed by atoms with E-state index < -0.39 is 11.8 Å². The normalized spacial score (nSPS) is 21.1. The molecule has 3 rings (SSSR count). The van der Waals surface area contributed by atoms with E-state index in [0.717, 1.165) is 32.0 Å². The van der Waals surface area contributed by atoms with Gasteiger partial charge in [0, 0.05) is 19.3 Å². The predicted octanol–water partition coefficient (Wildman–Crippen LogP) is 2.30. The molecule has 1 aromatic rings. The highest BCUT2D eigenvalue weighted by Crippen LogP contribution is 2.53. The smallest absolute Gasteiger partial charge is 0.337 e. The van der Waals surface area contributed by atoms with Crippen molar-refractivity contribution in [2.24, 2.45) is 5.41 Å². The Morgan fingerprint density at radius 1 is 1.33 bits per heavy atom. The van der Waals surface area contributed by atoms with Gasteiger partial charge >= 0.3 is 5.97 Å². The van der Waals surface area contributed by atoms with Gasteiger partial charge in [0.15, 0.2) is 11.6 Å². The van der Waals surface area contributed by atoms with E-state index in [-0.39, 0.29) is 11.4 Å². The highest BCUT2D eigenvalue weighted by molar-refractivity contribution is 5.87. The molecule has 5 heteroatoms. The van der Waals surface area contributed by atoms with Crippen LogP contribution in [-0.2, 0) is 0 Å². The van der Waals surface area contributed by atoms with Gasteiger partial charge in [0.1, 0.15) is 0 Å². The summed E-state index contributed by atoms with van der Waals surface area (Å²) in [6.07, 6.45) is 6.01. The Hall–Kier alpha value is -1.65. The summed E-state index contributed by atoms with van der Waals surface area (Å²) >= 11 is 0. The van der Waals surface area contributed by atoms with Crippen molar-refractivity contribution in [3.05, 3.63) is 23.6 Å². The zero-order valence-electron chi connectivity index (χ0n) is 10.0. The van der Waals surface area contributed by atoms with Crippen LogP contribution in [-0.4, -0.2) is 29.1 Å². The number of piperidine rings is 1. The lowest BCUT2D eigenvalue weighted by Crippen LogP contribution is -2.35. The molecule has 1 saturated heterocycles. The molecule has 1 N–H and O–H groups in total. The van der Waals surface area contributed by atoms with Crippen LogP contribution in [0.5, 0.6) is 0 Å². The van der Waals surface area contributed by atoms with Crippen molar-refractivity contribution < 1.29 is 14.3 Å². The number of aromatic carboxylic acids is 1. The first-order valence-electron chi connectivity index (χ1n) is 6.23. The molecule has 2 aliphatic rings. The topological polar surface area (TPSA) is 53.4 Å². The third-order valence-electron chi connectivity index (χ3n) is 4.15. The number of pyridine rings is 1. The summed E-state index contributed by atoms with van der Waals surface area (Å²) in [4.78, 5) is 16.6. The third-order valence-corrected chi connectivity index (χ3v) is 4.15. The summed E-state index contributed by atoms with van der Waals surface area (Å²) in [5, 5.41) is 8.77. The Bertz CT molecular complexity index is 490. The fourth-order valence-corrected chi connectivity index (χ4v) is 2.65. The van der Waals surface area contributed by atoms with Crippen LogP contribution in [0.25, 0.3) is 0 Å². The van der Waals surface area contributed by atoms with Crippen LogP contribution in [0.1, 0.15) is 36.0 Å². The standard InChI is InChI=1S/C13H15FN2O2/c14-10-7-9(12(17)18)8-15-11(10)16-5-3-13(1-2-13)4-6-16/h7-8H,1-6H2,(H,17,18). The van der Waals surface area contributed by atoms with Crippen LogP contribution in [0.15, 0.2) is 12.3 Å². The molecule has 0 bridgehead atoms. The highest BCUT2D eigenvalue weighted by atomic mass is 19.1. The molecule has 1 aliphatic heterocycles. The lowest BCUT2D eigenvalue weighted by molar-refractivity contribution is 0.0696. The summed E-state index contributed by atoms with van der Waals surface area (Å²) in [7, 11) is 0. The van der Waals surface area contributed by atoms with E-state index in [1.165, 1.54) is 19.0 Å². The molecule has 1 aliphatic carbocycles. The van der Waals surface area contributed by atoms with Gasteiger partial charge in [-0.2, -0.15) is 0 Å². The molecule has 0 atom stereocenters. The van der Waals surface area contributed by atoms with Crippen LogP contribution in [0, 0.1) is 11.2 Å². The minimum atomic E-state index is -1.15. The fraction of sp³-hybridized carbons (Fsp3) is 0.538. The van der Waals surface area contributed by atoms with Crippen molar-refractivity contribution >= 4 is 11.8 Å². The van der Waals surface area contributed by atoms with E-state index in [4.69, 9.17) is 5.11 Å². The van der Waals surface area contributed by atoms with Gasteiger partial charge in [0.2, 0.25) is 0 Å². The molecule has 0 radical (unpaired) electrons. The van der Waals surface area contributed by atoms with E-state index in [9.17, 15) is 9.18 Å². The number of hydrogen-bond acceptors (Lipinski definition) is 3. The number of nitrogens with zero attached hydrogens (tertiary/aromatic N) is 2. The van der Waals surface area contributed by atoms with Crippen molar-refractivity contribution in [3.8, 4) is 0 Å². The Morgan fingerprint density at radius 2 is 2.00 bits per heavy atom. The first-order chi connectivity index (χ1) is 8.60. The molecule has 1 aromatic heterocycles. The number of hydrogen-bond donors (Lipinski definition) is 1. The van der Waals surface area contributed by atoms with Crippen LogP contribution < -0.4 is 4.90 Å². The van der Waals surface area contributed by atoms with E-state index in [1.807, 2.05) is 4.90 Å². The molecular formula is C13H15FN2O2. The zero-order chi connectivity index (χ0) is 12.8. The largest absolute Gasteiger partial charge is 0.478 e. The molecule has 0 aromatic carbocycles. The summed E-state index contributed by atoms with van der Waals surface area (Å²) < 4.78 is 13.8. The van der Waals surface area contributed by atoms with Gasteiger partial charge in [0.05, 0.1) is 5.56 Å². The van der Waals surface area contributed by atoms with Gasteiger partial charge in [-0.1, -0.05) is 0 Å². The predicted molar refractivity (Wildman–Crippen MR) is 64.3 cm³/mol. The molecule has 0 amide bonds. The van der Waals surface area contributed by atoms with E-state index >= 15 is 0 Å². The number of carboxylic acid groups (broad SMARTS) is 1. The van der Waals surface area contributed by atoms with Gasteiger partial charge < -0.3 is 10.0 Å². The van der Waals surface area contributed by atoms with E-state index in [2.05, 4.69) is 4.98 Å². The Morgan fingerprint density at radius 3 is 2.50 bits per heavy atom. The number of halogens is 1. The van der Waals surface area contributed by atoms with Crippen LogP contribution in [0.4, 0.5) is 10.2 Å². The molecule has 96 valence electrons. The Kier molecular flexibility index (Phi) is 2.50. The first-order valence-corrected chi connectivity index (χ1v) is 6.23. The lowest BCUT2D eigenvalue weighted by Gasteiger charge is -2.33. The summed E-state index contributed by atoms with van der Waals surface area (Å²) in [6.45, 7) is 1.63. The van der Waals surface area contributed by atoms with E-state index in [1.54, 1.807) is 0 Å². The summed E-state index contributed by atoms with van der Waals surface area (Å²) in [5.74, 6) is -1.40. The maximum Gasteiger partial charge on any atom is 0.337 e. The van der Waals surface area contributed by atoms with Crippen molar-refractivity contribution in [2.45, 2.75) is 25.7 Å². The number of rotatable bonds is 2. The van der Waals surface area contributed by atoms with Crippen molar-refractivity contribution in [3.63, 3.8) is 0 Å². The monoisotopic (exact) mass is 250 g/mol. The maximum absolute atomic E-state index is 13.8. The van der Waals surface area contributed by atoms with Crippen LogP contribution >= 0.6 is 0 Å². The molecule has 4 nitrogen and oxygen atoms in total. The van der Waals surface area contributed by atoms with Gasteiger partial charge in [-0.05, 0) is 37.2 Å². The third kappa shape index (κ3) is 1.94. The van der Waals surface area contributed by atoms with Crippen molar-refractivity contribution in [1.82, 2.24) is 4.98 Å². The van der Waals surface area contributed by atoms with Crippen LogP contribution in [0.3, 0.4) is 0 Å². The lowest BCUT2D eigenvalue weighted by atomic mass is 9.94. The molecule has 0 unspecified atom stereocenters. The number of aromatic nitrogens is 1. The first kappa shape index (κ1) is 11.4. The van der Waals surface area contributed by atoms with E-state index in [0.29, 0.717) is 5.41 Å². The van der Waals surface area contributed by atoms with Gasteiger partial charge in [-0.15, -0.1) is 0 Å². The zero-order valence-corrected chi connectivity index (χ0v) is 10.0. The minimum Gasteiger partial charge on any atom is -0.478 e. The fourth-order valence-electron chi connectivity index (χ4n) is 2.65. The molecule has 1 spiro atoms. The second kappa shape index (κ2) is 3.93. The number of carbonyl (C=O) groups is 1. The van der Waals surface area contributed by atoms with Gasteiger partial charge in [-0.25, -0.2) is 14.2 Å². The minimum absolute atomic E-state index is 0.105. The summed E-state index contributed by atoms with van der Waals surface area (Å²) in [5.41, 5.74) is 0.431. The van der Waals surface area contributed by atoms with Crippen molar-refractivity contribution in [2.75, 3.05) is 18.0 Å². The quantitative estimate of drug-likeness (QED) is 0.875. The molecule has 2 fully saturated rings. The average molecular weight is 250 g/mol. The number of anilines is 1. The second-order valence-electron chi connectivity index (χ2n) is 5.32. The Labute approximate surface area is 104 Å².